The van der Waals surface area contributed by atoms with Crippen LogP contribution in [0.1, 0.15) is 16.7 Å². The van der Waals surface area contributed by atoms with Crippen molar-refractivity contribution in [3.05, 3.63) is 27.8 Å². The summed E-state index contributed by atoms with van der Waals surface area (Å²) in [4.78, 5) is 0. The van der Waals surface area contributed by atoms with Crippen molar-refractivity contribution in [1.29, 1.82) is 0 Å². The summed E-state index contributed by atoms with van der Waals surface area (Å²) in [6.07, 6.45) is 0.862. The number of nitrogens with two attached hydrogens (primary N) is 1. The van der Waals surface area contributed by atoms with Gasteiger partial charge < -0.3 is 10.5 Å². The van der Waals surface area contributed by atoms with Gasteiger partial charge in [-0.2, -0.15) is 0 Å². The summed E-state index contributed by atoms with van der Waals surface area (Å²) in [7, 11) is 0. The van der Waals surface area contributed by atoms with Crippen molar-refractivity contribution in [3.8, 4) is 5.75 Å². The van der Waals surface area contributed by atoms with Crippen molar-refractivity contribution in [2.75, 3.05) is 6.61 Å². The van der Waals surface area contributed by atoms with Crippen molar-refractivity contribution in [2.45, 2.75) is 26.3 Å². The van der Waals surface area contributed by atoms with Crippen LogP contribution >= 0.6 is 11.6 Å². The zero-order chi connectivity index (χ0) is 10.3. The van der Waals surface area contributed by atoms with Gasteiger partial charge in [0.15, 0.2) is 0 Å². The summed E-state index contributed by atoms with van der Waals surface area (Å²) >= 11 is 6.17. The molecule has 0 fully saturated rings. The predicted molar refractivity (Wildman–Crippen MR) is 58.1 cm³/mol. The van der Waals surface area contributed by atoms with E-state index in [4.69, 9.17) is 22.1 Å². The Hall–Kier alpha value is -0.730. The van der Waals surface area contributed by atoms with E-state index >= 15 is 0 Å². The summed E-state index contributed by atoms with van der Waals surface area (Å²) in [5.41, 5.74) is 9.18. The second-order valence-corrected chi connectivity index (χ2v) is 4.26. The molecular formula is C11H14ClNO. The molecule has 0 saturated carbocycles. The molecule has 1 aromatic carbocycles. The number of rotatable bonds is 0. The van der Waals surface area contributed by atoms with Crippen LogP contribution in [0.4, 0.5) is 0 Å². The molecule has 0 spiro atoms. The van der Waals surface area contributed by atoms with E-state index in [-0.39, 0.29) is 6.04 Å². The third-order valence-corrected chi connectivity index (χ3v) is 3.27. The zero-order valence-electron chi connectivity index (χ0n) is 8.43. The van der Waals surface area contributed by atoms with E-state index in [1.54, 1.807) is 0 Å². The molecule has 1 atom stereocenters. The van der Waals surface area contributed by atoms with Gasteiger partial charge in [0.25, 0.3) is 0 Å². The average molecular weight is 212 g/mol. The highest BCUT2D eigenvalue weighted by Crippen LogP contribution is 2.34. The van der Waals surface area contributed by atoms with Crippen LogP contribution in [0, 0.1) is 13.8 Å². The summed E-state index contributed by atoms with van der Waals surface area (Å²) in [5, 5.41) is 0.835. The van der Waals surface area contributed by atoms with Crippen LogP contribution in [-0.2, 0) is 6.42 Å². The molecule has 1 aromatic rings. The molecule has 14 heavy (non-hydrogen) atoms. The number of fused-ring (bicyclic) bond motifs is 1. The van der Waals surface area contributed by atoms with Crippen molar-refractivity contribution >= 4 is 11.6 Å². The van der Waals surface area contributed by atoms with E-state index in [1.165, 1.54) is 5.56 Å². The average Bonchev–Trinajstić information content (AvgIpc) is 2.16. The van der Waals surface area contributed by atoms with Crippen molar-refractivity contribution < 1.29 is 4.74 Å². The van der Waals surface area contributed by atoms with Crippen LogP contribution in [0.25, 0.3) is 0 Å². The first kappa shape index (κ1) is 9.81. The lowest BCUT2D eigenvalue weighted by atomic mass is 9.96. The molecule has 3 heteroatoms. The quantitative estimate of drug-likeness (QED) is 0.714. The molecule has 1 heterocycles. The normalized spacial score (nSPS) is 20.1. The summed E-state index contributed by atoms with van der Waals surface area (Å²) in [6.45, 7) is 4.62. The Morgan fingerprint density at radius 1 is 1.50 bits per heavy atom. The van der Waals surface area contributed by atoms with E-state index in [2.05, 4.69) is 0 Å². The number of benzene rings is 1. The van der Waals surface area contributed by atoms with Gasteiger partial charge in [0.2, 0.25) is 0 Å². The minimum Gasteiger partial charge on any atom is -0.492 e. The summed E-state index contributed by atoms with van der Waals surface area (Å²) in [5.74, 6) is 0.950. The molecule has 2 nitrogen and oxygen atoms in total. The van der Waals surface area contributed by atoms with Gasteiger partial charge in [-0.05, 0) is 37.5 Å². The maximum absolute atomic E-state index is 6.17. The van der Waals surface area contributed by atoms with Crippen LogP contribution < -0.4 is 10.5 Å². The second kappa shape index (κ2) is 3.44. The lowest BCUT2D eigenvalue weighted by Crippen LogP contribution is -2.34. The molecule has 0 aromatic heterocycles. The van der Waals surface area contributed by atoms with Crippen LogP contribution in [0.2, 0.25) is 5.02 Å². The van der Waals surface area contributed by atoms with Crippen molar-refractivity contribution in [1.82, 2.24) is 0 Å². The smallest absolute Gasteiger partial charge is 0.123 e. The number of hydrogen-bond donors (Lipinski definition) is 1. The summed E-state index contributed by atoms with van der Waals surface area (Å²) < 4.78 is 5.57. The molecule has 0 bridgehead atoms. The number of hydrogen-bond acceptors (Lipinski definition) is 2. The minimum absolute atomic E-state index is 0.0972. The fraction of sp³-hybridized carbons (Fsp3) is 0.455. The molecule has 0 aliphatic carbocycles. The first-order valence-corrected chi connectivity index (χ1v) is 5.14. The van der Waals surface area contributed by atoms with Crippen LogP contribution in [0.5, 0.6) is 5.75 Å². The lowest BCUT2D eigenvalue weighted by molar-refractivity contribution is 0.263. The molecule has 0 saturated heterocycles. The van der Waals surface area contributed by atoms with Gasteiger partial charge in [-0.15, -0.1) is 0 Å². The Balaban J connectivity index is 2.55. The highest BCUT2D eigenvalue weighted by atomic mass is 35.5. The van der Waals surface area contributed by atoms with Gasteiger partial charge in [-0.1, -0.05) is 11.6 Å². The summed E-state index contributed by atoms with van der Waals surface area (Å²) in [6, 6.07) is 2.09. The SMILES string of the molecule is Cc1cc2c(c(C)c1Cl)CC(N)CO2. The molecule has 2 rings (SSSR count). The zero-order valence-corrected chi connectivity index (χ0v) is 9.19. The second-order valence-electron chi connectivity index (χ2n) is 3.88. The van der Waals surface area contributed by atoms with Crippen molar-refractivity contribution in [2.24, 2.45) is 5.73 Å². The monoisotopic (exact) mass is 211 g/mol. The van der Waals surface area contributed by atoms with Crippen LogP contribution in [0.15, 0.2) is 6.07 Å². The van der Waals surface area contributed by atoms with E-state index in [0.29, 0.717) is 6.61 Å². The van der Waals surface area contributed by atoms with E-state index < -0.39 is 0 Å². The predicted octanol–water partition coefficient (Wildman–Crippen LogP) is 2.22. The highest BCUT2D eigenvalue weighted by Gasteiger charge is 2.20. The van der Waals surface area contributed by atoms with Gasteiger partial charge in [0, 0.05) is 16.6 Å². The molecule has 76 valence electrons. The molecule has 0 radical (unpaired) electrons. The van der Waals surface area contributed by atoms with Gasteiger partial charge in [0.1, 0.15) is 12.4 Å². The van der Waals surface area contributed by atoms with Crippen LogP contribution in [0.3, 0.4) is 0 Å². The van der Waals surface area contributed by atoms with Crippen molar-refractivity contribution in [3.63, 3.8) is 0 Å². The molecule has 0 amide bonds. The van der Waals surface area contributed by atoms with Gasteiger partial charge in [-0.3, -0.25) is 0 Å². The Morgan fingerprint density at radius 3 is 2.93 bits per heavy atom. The molecule has 2 N–H and O–H groups in total. The minimum atomic E-state index is 0.0972. The number of ether oxygens (including phenoxy) is 1. The first-order chi connectivity index (χ1) is 6.59. The molecule has 1 aliphatic rings. The maximum Gasteiger partial charge on any atom is 0.123 e. The number of aryl methyl sites for hydroxylation is 1. The first-order valence-electron chi connectivity index (χ1n) is 4.76. The topological polar surface area (TPSA) is 35.2 Å². The third-order valence-electron chi connectivity index (χ3n) is 2.69. The molecule has 1 aliphatic heterocycles. The lowest BCUT2D eigenvalue weighted by Gasteiger charge is -2.25. The third kappa shape index (κ3) is 1.49. The number of halogens is 1. The highest BCUT2D eigenvalue weighted by molar-refractivity contribution is 6.32. The molecular weight excluding hydrogens is 198 g/mol. The van der Waals surface area contributed by atoms with Gasteiger partial charge >= 0.3 is 0 Å². The van der Waals surface area contributed by atoms with E-state index in [9.17, 15) is 0 Å². The Kier molecular flexibility index (Phi) is 2.41. The van der Waals surface area contributed by atoms with E-state index in [0.717, 1.165) is 28.3 Å². The Bertz CT molecular complexity index is 376. The largest absolute Gasteiger partial charge is 0.492 e. The Labute approximate surface area is 89.0 Å². The van der Waals surface area contributed by atoms with Crippen LogP contribution in [-0.4, -0.2) is 12.6 Å². The van der Waals surface area contributed by atoms with Gasteiger partial charge in [0.05, 0.1) is 0 Å². The Morgan fingerprint density at radius 2 is 2.21 bits per heavy atom. The molecule has 1 unspecified atom stereocenters. The standard InChI is InChI=1S/C11H14ClNO/c1-6-3-10-9(7(2)11(6)12)4-8(13)5-14-10/h3,8H,4-5,13H2,1-2H3. The van der Waals surface area contributed by atoms with E-state index in [1.807, 2.05) is 19.9 Å². The van der Waals surface area contributed by atoms with Gasteiger partial charge in [-0.25, -0.2) is 0 Å². The maximum atomic E-state index is 6.17. The fourth-order valence-corrected chi connectivity index (χ4v) is 2.03. The fourth-order valence-electron chi connectivity index (χ4n) is 1.86.